The molecule has 5 heteroatoms. The van der Waals surface area contributed by atoms with Crippen LogP contribution < -0.4 is 0 Å². The number of cyclic esters (lactones) is 1. The van der Waals surface area contributed by atoms with E-state index in [1.165, 1.54) is 49.7 Å². The number of aryl methyl sites for hydroxylation is 1. The van der Waals surface area contributed by atoms with E-state index >= 15 is 0 Å². The van der Waals surface area contributed by atoms with Gasteiger partial charge in [0.1, 0.15) is 0 Å². The lowest BCUT2D eigenvalue weighted by Crippen LogP contribution is -2.05. The van der Waals surface area contributed by atoms with Gasteiger partial charge < -0.3 is 4.74 Å². The van der Waals surface area contributed by atoms with Crippen LogP contribution in [0.15, 0.2) is 75.1 Å². The minimum absolute atomic E-state index is 0.323. The van der Waals surface area contributed by atoms with Crippen LogP contribution >= 0.6 is 27.3 Å². The number of aliphatic imine (C=N–C) groups is 1. The Hall–Kier alpha value is -2.50. The molecule has 1 aromatic heterocycles. The fourth-order valence-electron chi connectivity index (χ4n) is 3.85. The highest BCUT2D eigenvalue weighted by molar-refractivity contribution is 9.10. The van der Waals surface area contributed by atoms with Crippen LogP contribution in [0.5, 0.6) is 0 Å². The molecule has 2 aromatic carbocycles. The van der Waals surface area contributed by atoms with E-state index in [2.05, 4.69) is 52.1 Å². The number of carbonyl (C=O) groups is 1. The summed E-state index contributed by atoms with van der Waals surface area (Å²) in [6.07, 6.45) is 10.9. The van der Waals surface area contributed by atoms with Gasteiger partial charge in [0.25, 0.3) is 0 Å². The highest BCUT2D eigenvalue weighted by atomic mass is 79.9. The Labute approximate surface area is 208 Å². The van der Waals surface area contributed by atoms with Crippen LogP contribution in [0.4, 0.5) is 0 Å². The summed E-state index contributed by atoms with van der Waals surface area (Å²) in [6, 6.07) is 18.8. The molecule has 0 bridgehead atoms. The molecule has 0 amide bonds. The summed E-state index contributed by atoms with van der Waals surface area (Å²) >= 11 is 4.97. The molecule has 0 saturated heterocycles. The van der Waals surface area contributed by atoms with Gasteiger partial charge in [-0.25, -0.2) is 9.79 Å². The molecule has 1 aliphatic rings. The van der Waals surface area contributed by atoms with Gasteiger partial charge in [-0.05, 0) is 69.7 Å². The summed E-state index contributed by atoms with van der Waals surface area (Å²) in [4.78, 5) is 17.6. The van der Waals surface area contributed by atoms with Crippen LogP contribution in [0.3, 0.4) is 0 Å². The Kier molecular flexibility index (Phi) is 8.30. The summed E-state index contributed by atoms with van der Waals surface area (Å²) in [5.74, 6) is -0.0674. The van der Waals surface area contributed by atoms with Crippen molar-refractivity contribution >= 4 is 45.2 Å². The first-order valence-electron chi connectivity index (χ1n) is 11.6. The fraction of sp³-hybridized carbons (Fsp3) is 0.286. The number of rotatable bonds is 10. The van der Waals surface area contributed by atoms with Gasteiger partial charge in [-0.15, -0.1) is 11.3 Å². The molecule has 0 atom stereocenters. The SMILES string of the molecule is CCCCCCCCc1ccc(-c2ccc(C3=N/C(=C\c4cc(Br)cs4)C(=O)O3)cc2)cc1. The monoisotopic (exact) mass is 521 g/mol. The Morgan fingerprint density at radius 1 is 0.909 bits per heavy atom. The van der Waals surface area contributed by atoms with E-state index in [0.29, 0.717) is 11.6 Å². The van der Waals surface area contributed by atoms with E-state index in [1.807, 2.05) is 35.7 Å². The Balaban J connectivity index is 1.37. The topological polar surface area (TPSA) is 38.7 Å². The van der Waals surface area contributed by atoms with Crippen LogP contribution in [0, 0.1) is 0 Å². The van der Waals surface area contributed by atoms with Gasteiger partial charge in [0, 0.05) is 20.3 Å². The zero-order chi connectivity index (χ0) is 23.0. The van der Waals surface area contributed by atoms with Crippen molar-refractivity contribution < 1.29 is 9.53 Å². The molecular weight excluding hydrogens is 494 g/mol. The van der Waals surface area contributed by atoms with E-state index in [1.54, 1.807) is 17.4 Å². The maximum atomic E-state index is 12.2. The molecule has 4 rings (SSSR count). The molecule has 0 fully saturated rings. The minimum Gasteiger partial charge on any atom is -0.402 e. The lowest BCUT2D eigenvalue weighted by Gasteiger charge is -2.06. The summed E-state index contributed by atoms with van der Waals surface area (Å²) in [5.41, 5.74) is 4.83. The third-order valence-corrected chi connectivity index (χ3v) is 7.37. The molecule has 0 saturated carbocycles. The number of nitrogens with zero attached hydrogens (tertiary/aromatic N) is 1. The van der Waals surface area contributed by atoms with Crippen molar-refractivity contribution in [1.29, 1.82) is 0 Å². The number of hydrogen-bond acceptors (Lipinski definition) is 4. The Bertz CT molecular complexity index is 1140. The molecule has 3 nitrogen and oxygen atoms in total. The molecule has 0 spiro atoms. The first-order chi connectivity index (χ1) is 16.1. The van der Waals surface area contributed by atoms with Crippen molar-refractivity contribution in [3.05, 3.63) is 86.2 Å². The number of hydrogen-bond donors (Lipinski definition) is 0. The second kappa shape index (κ2) is 11.6. The van der Waals surface area contributed by atoms with Gasteiger partial charge in [0.05, 0.1) is 0 Å². The van der Waals surface area contributed by atoms with Gasteiger partial charge >= 0.3 is 5.97 Å². The molecule has 33 heavy (non-hydrogen) atoms. The third kappa shape index (κ3) is 6.52. The van der Waals surface area contributed by atoms with Crippen LogP contribution in [-0.2, 0) is 16.0 Å². The maximum Gasteiger partial charge on any atom is 0.363 e. The molecule has 1 aliphatic heterocycles. The average Bonchev–Trinajstić information content (AvgIpc) is 3.42. The summed E-state index contributed by atoms with van der Waals surface area (Å²) in [7, 11) is 0. The third-order valence-electron chi connectivity index (χ3n) is 5.73. The smallest absolute Gasteiger partial charge is 0.363 e. The zero-order valence-corrected chi connectivity index (χ0v) is 21.3. The molecule has 0 unspecified atom stereocenters. The second-order valence-electron chi connectivity index (χ2n) is 8.30. The Morgan fingerprint density at radius 2 is 1.55 bits per heavy atom. The molecule has 0 aliphatic carbocycles. The van der Waals surface area contributed by atoms with E-state index in [9.17, 15) is 4.79 Å². The number of thiophene rings is 1. The number of ether oxygens (including phenoxy) is 1. The van der Waals surface area contributed by atoms with Gasteiger partial charge in [-0.2, -0.15) is 0 Å². The fourth-order valence-corrected chi connectivity index (χ4v) is 5.22. The highest BCUT2D eigenvalue weighted by Gasteiger charge is 2.24. The van der Waals surface area contributed by atoms with E-state index in [-0.39, 0.29) is 0 Å². The van der Waals surface area contributed by atoms with Crippen LogP contribution in [-0.4, -0.2) is 11.9 Å². The van der Waals surface area contributed by atoms with Gasteiger partial charge in [0.15, 0.2) is 5.70 Å². The maximum absolute atomic E-state index is 12.2. The lowest BCUT2D eigenvalue weighted by atomic mass is 10.00. The van der Waals surface area contributed by atoms with Crippen LogP contribution in [0.25, 0.3) is 17.2 Å². The van der Waals surface area contributed by atoms with Crippen molar-refractivity contribution in [3.8, 4) is 11.1 Å². The summed E-state index contributed by atoms with van der Waals surface area (Å²) < 4.78 is 6.39. The quantitative estimate of drug-likeness (QED) is 0.152. The highest BCUT2D eigenvalue weighted by Crippen LogP contribution is 2.26. The van der Waals surface area contributed by atoms with Gasteiger partial charge in [-0.3, -0.25) is 0 Å². The van der Waals surface area contributed by atoms with Crippen molar-refractivity contribution in [1.82, 2.24) is 0 Å². The van der Waals surface area contributed by atoms with Crippen LogP contribution in [0.2, 0.25) is 0 Å². The largest absolute Gasteiger partial charge is 0.402 e. The number of unbranched alkanes of at least 4 members (excludes halogenated alkanes) is 5. The number of esters is 1. The Morgan fingerprint density at radius 3 is 2.21 bits per heavy atom. The predicted molar refractivity (Wildman–Crippen MR) is 142 cm³/mol. The van der Waals surface area contributed by atoms with E-state index in [4.69, 9.17) is 4.74 Å². The molecular formula is C28H28BrNO2S. The number of carbonyl (C=O) groups excluding carboxylic acids is 1. The average molecular weight is 523 g/mol. The minimum atomic E-state index is -0.417. The van der Waals surface area contributed by atoms with E-state index < -0.39 is 5.97 Å². The van der Waals surface area contributed by atoms with E-state index in [0.717, 1.165) is 26.9 Å². The molecule has 0 radical (unpaired) electrons. The van der Waals surface area contributed by atoms with Crippen molar-refractivity contribution in [3.63, 3.8) is 0 Å². The predicted octanol–water partition coefficient (Wildman–Crippen LogP) is 8.43. The number of halogens is 1. The molecule has 0 N–H and O–H groups in total. The molecule has 2 heterocycles. The first kappa shape index (κ1) is 23.7. The standard InChI is InChI=1S/C28H28BrNO2S/c1-2-3-4-5-6-7-8-20-9-11-21(12-10-20)22-13-15-23(16-14-22)27-30-26(28(31)32-27)18-25-17-24(29)19-33-25/h9-19H,2-8H2,1H3/b26-18-. The van der Waals surface area contributed by atoms with Gasteiger partial charge in [-0.1, -0.05) is 75.4 Å². The summed E-state index contributed by atoms with van der Waals surface area (Å²) in [6.45, 7) is 2.26. The molecule has 3 aromatic rings. The first-order valence-corrected chi connectivity index (χ1v) is 13.3. The lowest BCUT2D eigenvalue weighted by molar-refractivity contribution is -0.129. The van der Waals surface area contributed by atoms with Crippen LogP contribution in [0.1, 0.15) is 61.5 Å². The van der Waals surface area contributed by atoms with Crippen molar-refractivity contribution in [2.75, 3.05) is 0 Å². The normalized spacial score (nSPS) is 14.5. The molecule has 170 valence electrons. The van der Waals surface area contributed by atoms with Crippen molar-refractivity contribution in [2.45, 2.75) is 51.9 Å². The summed E-state index contributed by atoms with van der Waals surface area (Å²) in [5, 5.41) is 1.97. The second-order valence-corrected chi connectivity index (χ2v) is 10.2. The zero-order valence-electron chi connectivity index (χ0n) is 18.9. The van der Waals surface area contributed by atoms with Crippen molar-refractivity contribution in [2.24, 2.45) is 4.99 Å². The number of benzene rings is 2. The van der Waals surface area contributed by atoms with Gasteiger partial charge in [0.2, 0.25) is 5.90 Å².